The number of carbonyl (C=O) groups is 1. The zero-order valence-corrected chi connectivity index (χ0v) is 11.7. The Hall–Kier alpha value is -2.25. The van der Waals surface area contributed by atoms with E-state index in [-0.39, 0.29) is 25.4 Å². The van der Waals surface area contributed by atoms with Crippen LogP contribution < -0.4 is 4.90 Å². The van der Waals surface area contributed by atoms with Crippen molar-refractivity contribution in [1.29, 1.82) is 0 Å². The second-order valence-electron chi connectivity index (χ2n) is 4.12. The van der Waals surface area contributed by atoms with Gasteiger partial charge in [-0.3, -0.25) is 14.9 Å². The monoisotopic (exact) mass is 302 g/mol. The molecule has 0 unspecified atom stereocenters. The maximum Gasteiger partial charge on any atom is 0.325 e. The van der Waals surface area contributed by atoms with E-state index < -0.39 is 28.6 Å². The molecule has 0 aliphatic carbocycles. The number of carbonyl (C=O) groups excluding carboxylic acids is 1. The third kappa shape index (κ3) is 4.37. The summed E-state index contributed by atoms with van der Waals surface area (Å²) in [6.45, 7) is 3.62. The molecule has 1 aromatic rings. The van der Waals surface area contributed by atoms with Crippen LogP contribution in [0.1, 0.15) is 25.8 Å². The SMILES string of the molecule is CCOC(=O)CN(CC)c1ccc([N+](=O)[O-])cc1C(F)F. The van der Waals surface area contributed by atoms with Crippen LogP contribution in [0.25, 0.3) is 0 Å². The van der Waals surface area contributed by atoms with Crippen molar-refractivity contribution in [3.05, 3.63) is 33.9 Å². The Morgan fingerprint density at radius 2 is 2.10 bits per heavy atom. The highest BCUT2D eigenvalue weighted by molar-refractivity contribution is 5.76. The van der Waals surface area contributed by atoms with Crippen LogP contribution in [0.4, 0.5) is 20.2 Å². The van der Waals surface area contributed by atoms with Crippen LogP contribution in [0.3, 0.4) is 0 Å². The Kier molecular flexibility index (Phi) is 6.01. The Labute approximate surface area is 120 Å². The number of nitro groups is 1. The third-order valence-electron chi connectivity index (χ3n) is 2.80. The van der Waals surface area contributed by atoms with Gasteiger partial charge in [0.05, 0.1) is 11.5 Å². The summed E-state index contributed by atoms with van der Waals surface area (Å²) < 4.78 is 31.0. The molecule has 0 radical (unpaired) electrons. The van der Waals surface area contributed by atoms with E-state index in [0.717, 1.165) is 12.1 Å². The van der Waals surface area contributed by atoms with Crippen LogP contribution >= 0.6 is 0 Å². The Morgan fingerprint density at radius 1 is 1.43 bits per heavy atom. The van der Waals surface area contributed by atoms with Crippen LogP contribution in [0.15, 0.2) is 18.2 Å². The predicted octanol–water partition coefficient (Wildman–Crippen LogP) is 2.92. The van der Waals surface area contributed by atoms with Gasteiger partial charge in [0.2, 0.25) is 0 Å². The first-order chi connectivity index (χ1) is 9.90. The van der Waals surface area contributed by atoms with E-state index in [9.17, 15) is 23.7 Å². The second kappa shape index (κ2) is 7.51. The summed E-state index contributed by atoms with van der Waals surface area (Å²) in [4.78, 5) is 22.8. The molecule has 8 heteroatoms. The van der Waals surface area contributed by atoms with E-state index >= 15 is 0 Å². The topological polar surface area (TPSA) is 72.7 Å². The Bertz CT molecular complexity index is 523. The summed E-state index contributed by atoms with van der Waals surface area (Å²) in [6.07, 6.45) is -2.88. The molecule has 21 heavy (non-hydrogen) atoms. The van der Waals surface area contributed by atoms with Crippen molar-refractivity contribution >= 4 is 17.3 Å². The third-order valence-corrected chi connectivity index (χ3v) is 2.80. The average molecular weight is 302 g/mol. The molecule has 0 atom stereocenters. The lowest BCUT2D eigenvalue weighted by Gasteiger charge is -2.24. The quantitative estimate of drug-likeness (QED) is 0.440. The fraction of sp³-hybridized carbons (Fsp3) is 0.462. The number of anilines is 1. The standard InChI is InChI=1S/C13H16F2N2O4/c1-3-16(8-12(18)21-4-2)11-6-5-9(17(19)20)7-10(11)13(14)15/h5-7,13H,3-4,8H2,1-2H3. The molecular weight excluding hydrogens is 286 g/mol. The van der Waals surface area contributed by atoms with Gasteiger partial charge in [-0.1, -0.05) is 0 Å². The first-order valence-electron chi connectivity index (χ1n) is 6.37. The number of esters is 1. The van der Waals surface area contributed by atoms with Crippen molar-refractivity contribution in [2.75, 3.05) is 24.6 Å². The molecular formula is C13H16F2N2O4. The second-order valence-corrected chi connectivity index (χ2v) is 4.12. The fourth-order valence-corrected chi connectivity index (χ4v) is 1.85. The number of rotatable bonds is 7. The number of nitrogens with zero attached hydrogens (tertiary/aromatic N) is 2. The molecule has 0 heterocycles. The van der Waals surface area contributed by atoms with Crippen molar-refractivity contribution in [2.24, 2.45) is 0 Å². The molecule has 6 nitrogen and oxygen atoms in total. The molecule has 0 saturated carbocycles. The average Bonchev–Trinajstić information content (AvgIpc) is 2.44. The Balaban J connectivity index is 3.13. The summed E-state index contributed by atoms with van der Waals surface area (Å²) in [5.74, 6) is -0.544. The molecule has 0 aliphatic heterocycles. The summed E-state index contributed by atoms with van der Waals surface area (Å²) in [5, 5.41) is 10.7. The molecule has 0 saturated heterocycles. The maximum absolute atomic E-state index is 13.1. The largest absolute Gasteiger partial charge is 0.465 e. The number of ether oxygens (including phenoxy) is 1. The summed E-state index contributed by atoms with van der Waals surface area (Å²) in [5.41, 5.74) is -0.803. The van der Waals surface area contributed by atoms with Crippen molar-refractivity contribution in [3.8, 4) is 0 Å². The number of benzene rings is 1. The number of halogens is 2. The molecule has 1 aromatic carbocycles. The Morgan fingerprint density at radius 3 is 2.57 bits per heavy atom. The van der Waals surface area contributed by atoms with Gasteiger partial charge in [0.15, 0.2) is 0 Å². The maximum atomic E-state index is 13.1. The summed E-state index contributed by atoms with van der Waals surface area (Å²) in [6, 6.07) is 3.19. The van der Waals surface area contributed by atoms with Crippen LogP contribution in [-0.2, 0) is 9.53 Å². The highest BCUT2D eigenvalue weighted by Gasteiger charge is 2.22. The molecule has 0 N–H and O–H groups in total. The van der Waals surface area contributed by atoms with Gasteiger partial charge in [0.25, 0.3) is 12.1 Å². The van der Waals surface area contributed by atoms with Gasteiger partial charge >= 0.3 is 5.97 Å². The normalized spacial score (nSPS) is 10.5. The number of likely N-dealkylation sites (N-methyl/N-ethyl adjacent to an activating group) is 1. The van der Waals surface area contributed by atoms with E-state index in [0.29, 0.717) is 0 Å². The first-order valence-corrected chi connectivity index (χ1v) is 6.37. The van der Waals surface area contributed by atoms with E-state index in [4.69, 9.17) is 4.74 Å². The van der Waals surface area contributed by atoms with Gasteiger partial charge in [-0.15, -0.1) is 0 Å². The van der Waals surface area contributed by atoms with Gasteiger partial charge < -0.3 is 9.64 Å². The lowest BCUT2D eigenvalue weighted by atomic mass is 10.1. The zero-order chi connectivity index (χ0) is 16.0. The van der Waals surface area contributed by atoms with Gasteiger partial charge in [-0.05, 0) is 19.9 Å². The number of hydrogen-bond donors (Lipinski definition) is 0. The molecule has 0 aliphatic rings. The van der Waals surface area contributed by atoms with Crippen LogP contribution in [0.5, 0.6) is 0 Å². The lowest BCUT2D eigenvalue weighted by Crippen LogP contribution is -2.31. The van der Waals surface area contributed by atoms with E-state index in [2.05, 4.69) is 0 Å². The fourth-order valence-electron chi connectivity index (χ4n) is 1.85. The van der Waals surface area contributed by atoms with Crippen molar-refractivity contribution in [3.63, 3.8) is 0 Å². The highest BCUT2D eigenvalue weighted by atomic mass is 19.3. The van der Waals surface area contributed by atoms with Crippen molar-refractivity contribution in [1.82, 2.24) is 0 Å². The van der Waals surface area contributed by atoms with Crippen LogP contribution in [-0.4, -0.2) is 30.6 Å². The van der Waals surface area contributed by atoms with E-state index in [1.807, 2.05) is 0 Å². The smallest absolute Gasteiger partial charge is 0.325 e. The molecule has 1 rings (SSSR count). The van der Waals surface area contributed by atoms with Crippen molar-refractivity contribution in [2.45, 2.75) is 20.3 Å². The minimum absolute atomic E-state index is 0.0890. The molecule has 0 aromatic heterocycles. The van der Waals surface area contributed by atoms with Gasteiger partial charge in [0.1, 0.15) is 6.54 Å². The van der Waals surface area contributed by atoms with Gasteiger partial charge in [-0.25, -0.2) is 8.78 Å². The molecule has 0 spiro atoms. The predicted molar refractivity (Wildman–Crippen MR) is 72.6 cm³/mol. The van der Waals surface area contributed by atoms with Crippen LogP contribution in [0.2, 0.25) is 0 Å². The molecule has 0 amide bonds. The molecule has 0 bridgehead atoms. The molecule has 0 fully saturated rings. The van der Waals surface area contributed by atoms with E-state index in [1.54, 1.807) is 13.8 Å². The minimum atomic E-state index is -2.88. The zero-order valence-electron chi connectivity index (χ0n) is 11.7. The first kappa shape index (κ1) is 16.8. The number of nitro benzene ring substituents is 1. The van der Waals surface area contributed by atoms with Gasteiger partial charge in [-0.2, -0.15) is 0 Å². The highest BCUT2D eigenvalue weighted by Crippen LogP contribution is 2.33. The number of non-ortho nitro benzene ring substituents is 1. The van der Waals surface area contributed by atoms with Crippen molar-refractivity contribution < 1.29 is 23.2 Å². The molecule has 116 valence electrons. The number of alkyl halides is 2. The minimum Gasteiger partial charge on any atom is -0.465 e. The van der Waals surface area contributed by atoms with Gasteiger partial charge in [0, 0.05) is 29.9 Å². The lowest BCUT2D eigenvalue weighted by molar-refractivity contribution is -0.385. The van der Waals surface area contributed by atoms with Crippen LogP contribution in [0, 0.1) is 10.1 Å². The summed E-state index contributed by atoms with van der Waals surface area (Å²) in [7, 11) is 0. The van der Waals surface area contributed by atoms with E-state index in [1.165, 1.54) is 11.0 Å². The number of hydrogen-bond acceptors (Lipinski definition) is 5. The summed E-state index contributed by atoms with van der Waals surface area (Å²) >= 11 is 0.